The smallest absolute Gasteiger partial charge is 0.261 e. The average Bonchev–Trinajstić information content (AvgIpc) is 3.42. The lowest BCUT2D eigenvalue weighted by Crippen LogP contribution is -2.43. The number of carbonyl (C=O) groups is 2. The number of nitrogens with zero attached hydrogens (tertiary/aromatic N) is 2. The Morgan fingerprint density at radius 2 is 1.33 bits per heavy atom. The van der Waals surface area contributed by atoms with E-state index < -0.39 is 12.4 Å². The van der Waals surface area contributed by atoms with Crippen LogP contribution in [0.4, 0.5) is 0 Å². The lowest BCUT2D eigenvalue weighted by molar-refractivity contribution is -0.253. The summed E-state index contributed by atoms with van der Waals surface area (Å²) < 4.78 is 13.2. The number of imide groups is 1. The van der Waals surface area contributed by atoms with Crippen molar-refractivity contribution in [2.45, 2.75) is 57.1 Å². The first-order chi connectivity index (χ1) is 24.8. The number of aliphatic hydroxyl groups is 2. The summed E-state index contributed by atoms with van der Waals surface area (Å²) in [5.41, 5.74) is 7.18. The maximum atomic E-state index is 13.1. The minimum Gasteiger partial charge on any atom is -0.392 e. The fourth-order valence-electron chi connectivity index (χ4n) is 7.00. The van der Waals surface area contributed by atoms with Gasteiger partial charge in [0.05, 0.1) is 42.6 Å². The Morgan fingerprint density at radius 1 is 0.745 bits per heavy atom. The van der Waals surface area contributed by atoms with E-state index in [2.05, 4.69) is 4.90 Å². The van der Waals surface area contributed by atoms with Gasteiger partial charge < -0.3 is 19.7 Å². The molecule has 0 spiro atoms. The third-order valence-electron chi connectivity index (χ3n) is 10.1. The second-order valence-corrected chi connectivity index (χ2v) is 13.4. The van der Waals surface area contributed by atoms with E-state index in [0.29, 0.717) is 24.1 Å². The van der Waals surface area contributed by atoms with Gasteiger partial charge in [0, 0.05) is 24.6 Å². The summed E-state index contributed by atoms with van der Waals surface area (Å²) >= 11 is 0. The van der Waals surface area contributed by atoms with E-state index in [0.717, 1.165) is 38.9 Å². The Kier molecular flexibility index (Phi) is 10.2. The van der Waals surface area contributed by atoms with Gasteiger partial charge in [0.2, 0.25) is 0 Å². The van der Waals surface area contributed by atoms with Crippen LogP contribution in [0.5, 0.6) is 0 Å². The van der Waals surface area contributed by atoms with Gasteiger partial charge in [0.15, 0.2) is 6.29 Å². The molecule has 1 saturated heterocycles. The van der Waals surface area contributed by atoms with Crippen molar-refractivity contribution >= 4 is 11.8 Å². The fraction of sp³-hybridized carbons (Fsp3) is 0.256. The summed E-state index contributed by atoms with van der Waals surface area (Å²) in [5.74, 6) is -0.561. The first-order valence-corrected chi connectivity index (χ1v) is 17.4. The molecule has 0 aromatic heterocycles. The monoisotopic (exact) mass is 682 g/mol. The first kappa shape index (κ1) is 34.5. The predicted octanol–water partition coefficient (Wildman–Crippen LogP) is 7.24. The molecule has 2 aliphatic rings. The van der Waals surface area contributed by atoms with Gasteiger partial charge >= 0.3 is 0 Å². The van der Waals surface area contributed by atoms with Gasteiger partial charge in [-0.3, -0.25) is 19.4 Å². The van der Waals surface area contributed by atoms with Gasteiger partial charge in [-0.1, -0.05) is 115 Å². The molecule has 8 nitrogen and oxygen atoms in total. The lowest BCUT2D eigenvalue weighted by atomic mass is 9.97. The van der Waals surface area contributed by atoms with Gasteiger partial charge in [0.25, 0.3) is 11.8 Å². The van der Waals surface area contributed by atoms with Crippen molar-refractivity contribution in [2.75, 3.05) is 13.6 Å². The van der Waals surface area contributed by atoms with Gasteiger partial charge in [0.1, 0.15) is 0 Å². The molecule has 0 bridgehead atoms. The van der Waals surface area contributed by atoms with Crippen molar-refractivity contribution in [1.29, 1.82) is 0 Å². The number of amides is 2. The maximum Gasteiger partial charge on any atom is 0.261 e. The fourth-order valence-corrected chi connectivity index (χ4v) is 7.00. The highest BCUT2D eigenvalue weighted by molar-refractivity contribution is 6.21. The van der Waals surface area contributed by atoms with Crippen LogP contribution >= 0.6 is 0 Å². The Labute approximate surface area is 298 Å². The molecule has 5 aromatic rings. The van der Waals surface area contributed by atoms with E-state index in [-0.39, 0.29) is 43.2 Å². The van der Waals surface area contributed by atoms with Gasteiger partial charge in [-0.2, -0.15) is 0 Å². The zero-order valence-corrected chi connectivity index (χ0v) is 28.8. The molecule has 0 aliphatic carbocycles. The largest absolute Gasteiger partial charge is 0.392 e. The van der Waals surface area contributed by atoms with Gasteiger partial charge in [-0.25, -0.2) is 0 Å². The molecule has 2 aliphatic heterocycles. The third-order valence-corrected chi connectivity index (χ3v) is 10.1. The molecule has 2 N–H and O–H groups in total. The lowest BCUT2D eigenvalue weighted by Gasteiger charge is -2.39. The van der Waals surface area contributed by atoms with Crippen molar-refractivity contribution in [2.24, 2.45) is 0 Å². The predicted molar refractivity (Wildman–Crippen MR) is 194 cm³/mol. The number of aliphatic hydroxyl groups excluding tert-OH is 2. The van der Waals surface area contributed by atoms with Gasteiger partial charge in [-0.15, -0.1) is 0 Å². The van der Waals surface area contributed by atoms with E-state index in [4.69, 9.17) is 9.47 Å². The van der Waals surface area contributed by atoms with Crippen LogP contribution in [0.2, 0.25) is 0 Å². The van der Waals surface area contributed by atoms with Crippen LogP contribution in [-0.4, -0.2) is 57.6 Å². The van der Waals surface area contributed by atoms with Crippen molar-refractivity contribution in [3.05, 3.63) is 166 Å². The number of fused-ring (bicyclic) bond motifs is 1. The molecule has 0 unspecified atom stereocenters. The molecule has 2 amide bonds. The maximum absolute atomic E-state index is 13.1. The Balaban J connectivity index is 1.11. The van der Waals surface area contributed by atoms with Gasteiger partial charge in [-0.05, 0) is 59.5 Å². The highest BCUT2D eigenvalue weighted by Gasteiger charge is 2.36. The number of hydrogen-bond donors (Lipinski definition) is 2. The molecule has 1 fully saturated rings. The van der Waals surface area contributed by atoms with Crippen molar-refractivity contribution < 1.29 is 29.3 Å². The van der Waals surface area contributed by atoms with E-state index >= 15 is 0 Å². The minimum atomic E-state index is -0.652. The number of rotatable bonds is 11. The summed E-state index contributed by atoms with van der Waals surface area (Å²) in [6.07, 6.45) is -1.11. The quantitative estimate of drug-likeness (QED) is 0.142. The van der Waals surface area contributed by atoms with Crippen LogP contribution in [0.3, 0.4) is 0 Å². The van der Waals surface area contributed by atoms with Crippen LogP contribution in [0.1, 0.15) is 80.4 Å². The van der Waals surface area contributed by atoms with Crippen LogP contribution < -0.4 is 0 Å². The molecular formula is C43H42N2O6. The number of likely N-dealkylation sites (N-methyl/N-ethyl adjacent to an activating group) is 1. The second kappa shape index (κ2) is 15.1. The van der Waals surface area contributed by atoms with E-state index in [9.17, 15) is 19.8 Å². The van der Waals surface area contributed by atoms with E-state index in [1.165, 1.54) is 4.90 Å². The standard InChI is InChI=1S/C43H42N2O6/c1-28(40(47)32-10-4-3-5-11-32)44(2)26-35-24-39(31-18-16-29(27-46)17-19-31)51-43(50-35)33-22-20-30(21-23-33)36-13-7-6-12-34(36)25-45-41(48)37-14-8-9-15-38(37)42(45)49/h3-23,28,35,39-40,43,46-47H,24-27H2,1-2H3/t28-,35+,39-,40-,43-/m1/s1. The Morgan fingerprint density at radius 3 is 1.98 bits per heavy atom. The van der Waals surface area contributed by atoms with Crippen molar-refractivity contribution in [1.82, 2.24) is 9.80 Å². The van der Waals surface area contributed by atoms with E-state index in [1.54, 1.807) is 24.3 Å². The molecule has 51 heavy (non-hydrogen) atoms. The number of ether oxygens (including phenoxy) is 2. The van der Waals surface area contributed by atoms with Crippen molar-refractivity contribution in [3.8, 4) is 11.1 Å². The van der Waals surface area contributed by atoms with E-state index in [1.807, 2.05) is 117 Å². The Bertz CT molecular complexity index is 1950. The van der Waals surface area contributed by atoms with Crippen LogP contribution in [0.25, 0.3) is 11.1 Å². The normalized spacial score (nSPS) is 20.0. The summed E-state index contributed by atoms with van der Waals surface area (Å²) in [6, 6.07) is 40.1. The molecule has 2 heterocycles. The molecule has 0 radical (unpaired) electrons. The Hall–Kier alpha value is -4.96. The SMILES string of the molecule is C[C@H]([C@@H](O)c1ccccc1)N(C)C[C@@H]1C[C@H](c2ccc(CO)cc2)O[C@H](c2ccc(-c3ccccc3CN3C(=O)c4ccccc4C3=O)cc2)O1. The minimum absolute atomic E-state index is 0.0274. The second-order valence-electron chi connectivity index (χ2n) is 13.4. The highest BCUT2D eigenvalue weighted by atomic mass is 16.7. The summed E-state index contributed by atoms with van der Waals surface area (Å²) in [5, 5.41) is 20.7. The number of benzene rings is 5. The highest BCUT2D eigenvalue weighted by Crippen LogP contribution is 2.39. The van der Waals surface area contributed by atoms with Crippen LogP contribution in [-0.2, 0) is 22.6 Å². The molecular weight excluding hydrogens is 640 g/mol. The summed E-state index contributed by atoms with van der Waals surface area (Å²) in [6.45, 7) is 2.74. The molecule has 5 atom stereocenters. The third kappa shape index (κ3) is 7.28. The molecule has 260 valence electrons. The average molecular weight is 683 g/mol. The molecule has 5 aromatic carbocycles. The van der Waals surface area contributed by atoms with Crippen molar-refractivity contribution in [3.63, 3.8) is 0 Å². The van der Waals surface area contributed by atoms with Crippen LogP contribution in [0, 0.1) is 0 Å². The summed E-state index contributed by atoms with van der Waals surface area (Å²) in [7, 11) is 2.00. The first-order valence-electron chi connectivity index (χ1n) is 17.4. The molecule has 7 rings (SSSR count). The van der Waals surface area contributed by atoms with Crippen LogP contribution in [0.15, 0.2) is 127 Å². The summed E-state index contributed by atoms with van der Waals surface area (Å²) in [4.78, 5) is 29.7. The molecule has 0 saturated carbocycles. The molecule has 8 heteroatoms. The zero-order chi connectivity index (χ0) is 35.5. The topological polar surface area (TPSA) is 99.5 Å². The number of carbonyl (C=O) groups excluding carboxylic acids is 2. The number of hydrogen-bond acceptors (Lipinski definition) is 7. The zero-order valence-electron chi connectivity index (χ0n) is 28.8.